The van der Waals surface area contributed by atoms with Gasteiger partial charge in [-0.25, -0.2) is 9.59 Å². The van der Waals surface area contributed by atoms with Crippen LogP contribution in [0.15, 0.2) is 97.1 Å². The molecule has 0 unspecified atom stereocenters. The molecule has 0 aliphatic heterocycles. The summed E-state index contributed by atoms with van der Waals surface area (Å²) in [7, 11) is 2.07. The number of benzene rings is 4. The number of hydrogen-bond acceptors (Lipinski definition) is 7. The number of fused-ring (bicyclic) bond motifs is 1. The maximum atomic E-state index is 14.0. The van der Waals surface area contributed by atoms with Gasteiger partial charge in [-0.3, -0.25) is 14.5 Å². The van der Waals surface area contributed by atoms with Gasteiger partial charge < -0.3 is 25.7 Å². The molecular formula is C48H54N4O6S. The molecule has 0 saturated carbocycles. The number of nitrogens with one attached hydrogen (secondary N) is 2. The van der Waals surface area contributed by atoms with Gasteiger partial charge in [0, 0.05) is 48.3 Å². The van der Waals surface area contributed by atoms with Crippen LogP contribution in [0.4, 0.5) is 10.7 Å². The zero-order valence-corrected chi connectivity index (χ0v) is 34.9. The summed E-state index contributed by atoms with van der Waals surface area (Å²) < 4.78 is 0. The summed E-state index contributed by atoms with van der Waals surface area (Å²) in [5.74, 6) is -2.35. The van der Waals surface area contributed by atoms with Crippen molar-refractivity contribution in [2.45, 2.75) is 84.3 Å². The van der Waals surface area contributed by atoms with Crippen LogP contribution >= 0.6 is 11.3 Å². The molecule has 1 aliphatic carbocycles. The van der Waals surface area contributed by atoms with Gasteiger partial charge in [-0.15, -0.1) is 11.3 Å². The van der Waals surface area contributed by atoms with Crippen LogP contribution in [-0.4, -0.2) is 69.9 Å². The molecule has 1 aliphatic rings. The van der Waals surface area contributed by atoms with E-state index in [0.29, 0.717) is 40.9 Å². The van der Waals surface area contributed by atoms with Gasteiger partial charge in [-0.05, 0) is 135 Å². The fraction of sp³-hybridized carbons (Fsp3) is 0.333. The number of anilines is 2. The number of carboxylic acids is 2. The number of nitrogens with zero attached hydrogens (tertiary/aromatic N) is 2. The monoisotopic (exact) mass is 814 g/mol. The number of likely N-dealkylation sites (N-methyl/N-ethyl adjacent to an activating group) is 1. The Labute approximate surface area is 350 Å². The van der Waals surface area contributed by atoms with Crippen molar-refractivity contribution in [1.29, 1.82) is 0 Å². The second kappa shape index (κ2) is 20.4. The van der Waals surface area contributed by atoms with Gasteiger partial charge in [0.2, 0.25) is 0 Å². The van der Waals surface area contributed by atoms with Crippen LogP contribution in [0.2, 0.25) is 0 Å². The normalized spacial score (nSPS) is 12.4. The lowest BCUT2D eigenvalue weighted by molar-refractivity contribution is 0.0686. The highest BCUT2D eigenvalue weighted by molar-refractivity contribution is 7.17. The van der Waals surface area contributed by atoms with E-state index in [4.69, 9.17) is 5.11 Å². The minimum atomic E-state index is -0.939. The smallest absolute Gasteiger partial charge is 0.335 e. The van der Waals surface area contributed by atoms with E-state index < -0.39 is 11.9 Å². The van der Waals surface area contributed by atoms with Crippen LogP contribution in [0.3, 0.4) is 0 Å². The largest absolute Gasteiger partial charge is 0.478 e. The van der Waals surface area contributed by atoms with Gasteiger partial charge in [-0.2, -0.15) is 0 Å². The predicted octanol–water partition coefficient (Wildman–Crippen LogP) is 9.44. The molecule has 0 atom stereocenters. The summed E-state index contributed by atoms with van der Waals surface area (Å²) in [6.45, 7) is 7.46. The van der Waals surface area contributed by atoms with Crippen molar-refractivity contribution in [3.05, 3.63) is 152 Å². The fourth-order valence-corrected chi connectivity index (χ4v) is 9.09. The number of carboxylic acid groups (broad SMARTS) is 2. The van der Waals surface area contributed by atoms with Crippen molar-refractivity contribution in [3.63, 3.8) is 0 Å². The summed E-state index contributed by atoms with van der Waals surface area (Å²) in [6, 6.07) is 29.9. The molecule has 0 spiro atoms. The number of aromatic carboxylic acids is 2. The Balaban J connectivity index is 1.10. The molecule has 5 aromatic rings. The van der Waals surface area contributed by atoms with Gasteiger partial charge in [0.05, 0.1) is 16.7 Å². The third kappa shape index (κ3) is 11.5. The Morgan fingerprint density at radius 3 is 1.86 bits per heavy atom. The van der Waals surface area contributed by atoms with Gasteiger partial charge in [-0.1, -0.05) is 62.4 Å². The molecule has 0 radical (unpaired) electrons. The standard InChI is InChI=1S/C48H54N4O6S/c1-4-40(5-2)52(28-27-51(3)30-34-17-23-37(24-18-34)48(57)58)31-35-9-8-10-38(29-35)44(53)50-46-43(41-11-6-7-12-42(41)59-46)45(54)49-39-25-19-33(20-26-39)14-13-32-15-21-36(22-16-32)47(55)56/h8-10,15-26,29,40H,4-7,11-14,27-28,30-31H2,1-3H3,(H,49,54)(H,50,53)(H,55,56)(H,57,58). The maximum absolute atomic E-state index is 14.0. The van der Waals surface area contributed by atoms with Crippen molar-refractivity contribution in [2.75, 3.05) is 30.8 Å². The molecule has 4 N–H and O–H groups in total. The van der Waals surface area contributed by atoms with Gasteiger partial charge in [0.15, 0.2) is 0 Å². The number of hydrogen-bond donors (Lipinski definition) is 4. The highest BCUT2D eigenvalue weighted by Crippen LogP contribution is 2.39. The molecule has 59 heavy (non-hydrogen) atoms. The predicted molar refractivity (Wildman–Crippen MR) is 235 cm³/mol. The third-order valence-electron chi connectivity index (χ3n) is 11.2. The minimum absolute atomic E-state index is 0.234. The molecule has 0 bridgehead atoms. The number of rotatable bonds is 19. The van der Waals surface area contributed by atoms with Crippen molar-refractivity contribution in [3.8, 4) is 0 Å². The van der Waals surface area contributed by atoms with E-state index in [-0.39, 0.29) is 22.9 Å². The third-order valence-corrected chi connectivity index (χ3v) is 12.4. The Morgan fingerprint density at radius 2 is 1.25 bits per heavy atom. The van der Waals surface area contributed by atoms with Gasteiger partial charge in [0.25, 0.3) is 11.8 Å². The van der Waals surface area contributed by atoms with Gasteiger partial charge in [0.1, 0.15) is 5.00 Å². The van der Waals surface area contributed by atoms with E-state index in [2.05, 4.69) is 47.4 Å². The zero-order chi connectivity index (χ0) is 41.9. The first-order valence-corrected chi connectivity index (χ1v) is 21.3. The molecule has 4 aromatic carbocycles. The van der Waals surface area contributed by atoms with Crippen LogP contribution in [0, 0.1) is 0 Å². The Morgan fingerprint density at radius 1 is 0.661 bits per heavy atom. The summed E-state index contributed by atoms with van der Waals surface area (Å²) in [6.07, 6.45) is 7.28. The number of carbonyl (C=O) groups excluding carboxylic acids is 2. The first-order valence-electron chi connectivity index (χ1n) is 20.5. The lowest BCUT2D eigenvalue weighted by atomic mass is 9.95. The average Bonchev–Trinajstić information content (AvgIpc) is 3.61. The summed E-state index contributed by atoms with van der Waals surface area (Å²) in [5.41, 5.74) is 7.60. The molecular weight excluding hydrogens is 761 g/mol. The fourth-order valence-electron chi connectivity index (χ4n) is 7.80. The van der Waals surface area contributed by atoms with Crippen molar-refractivity contribution in [1.82, 2.24) is 9.80 Å². The maximum Gasteiger partial charge on any atom is 0.335 e. The topological polar surface area (TPSA) is 139 Å². The molecule has 1 aromatic heterocycles. The molecule has 308 valence electrons. The number of amides is 2. The van der Waals surface area contributed by atoms with Crippen LogP contribution in [0.1, 0.15) is 114 Å². The number of aryl methyl sites for hydroxylation is 3. The molecule has 10 nitrogen and oxygen atoms in total. The van der Waals surface area contributed by atoms with E-state index in [0.717, 1.165) is 97.2 Å². The van der Waals surface area contributed by atoms with Gasteiger partial charge >= 0.3 is 11.9 Å². The second-order valence-electron chi connectivity index (χ2n) is 15.4. The van der Waals surface area contributed by atoms with Crippen LogP contribution in [-0.2, 0) is 38.8 Å². The summed E-state index contributed by atoms with van der Waals surface area (Å²) in [4.78, 5) is 56.2. The number of carbonyl (C=O) groups is 4. The van der Waals surface area contributed by atoms with Crippen LogP contribution in [0.5, 0.6) is 0 Å². The molecule has 11 heteroatoms. The van der Waals surface area contributed by atoms with E-state index in [1.165, 1.54) is 11.3 Å². The summed E-state index contributed by atoms with van der Waals surface area (Å²) in [5, 5.41) is 25.2. The second-order valence-corrected chi connectivity index (χ2v) is 16.5. The van der Waals surface area contributed by atoms with E-state index in [1.807, 2.05) is 66.7 Å². The molecule has 0 fully saturated rings. The minimum Gasteiger partial charge on any atom is -0.478 e. The van der Waals surface area contributed by atoms with E-state index >= 15 is 0 Å². The summed E-state index contributed by atoms with van der Waals surface area (Å²) >= 11 is 1.51. The SMILES string of the molecule is CCC(CC)N(CCN(C)Cc1ccc(C(=O)O)cc1)Cc1cccc(C(=O)Nc2sc3c(c2C(=O)Nc2ccc(CCc4ccc(C(=O)O)cc4)cc2)CCCC3)c1. The lowest BCUT2D eigenvalue weighted by Crippen LogP contribution is -2.39. The molecule has 1 heterocycles. The Bertz CT molecular complexity index is 2230. The number of thiophene rings is 1. The quantitative estimate of drug-likeness (QED) is 0.0647. The molecule has 0 saturated heterocycles. The van der Waals surface area contributed by atoms with Crippen molar-refractivity contribution >= 4 is 45.8 Å². The van der Waals surface area contributed by atoms with E-state index in [1.54, 1.807) is 24.3 Å². The Kier molecular flexibility index (Phi) is 14.8. The first kappa shape index (κ1) is 43.0. The lowest BCUT2D eigenvalue weighted by Gasteiger charge is -2.32. The van der Waals surface area contributed by atoms with Crippen LogP contribution in [0.25, 0.3) is 0 Å². The van der Waals surface area contributed by atoms with E-state index in [9.17, 15) is 24.3 Å². The zero-order valence-electron chi connectivity index (χ0n) is 34.1. The highest BCUT2D eigenvalue weighted by atomic mass is 32.1. The molecule has 2 amide bonds. The Hall–Kier alpha value is -5.62. The highest BCUT2D eigenvalue weighted by Gasteiger charge is 2.27. The van der Waals surface area contributed by atoms with Crippen LogP contribution < -0.4 is 10.6 Å². The molecule has 6 rings (SSSR count). The average molecular weight is 815 g/mol. The van der Waals surface area contributed by atoms with Crippen molar-refractivity contribution < 1.29 is 29.4 Å². The first-order chi connectivity index (χ1) is 28.5. The van der Waals surface area contributed by atoms with Crippen molar-refractivity contribution in [2.24, 2.45) is 0 Å².